The Balaban J connectivity index is 1.47. The molecule has 0 spiro atoms. The summed E-state index contributed by atoms with van der Waals surface area (Å²) in [4.78, 5) is 16.5. The predicted octanol–water partition coefficient (Wildman–Crippen LogP) is 1.82. The van der Waals surface area contributed by atoms with Crippen LogP contribution in [-0.4, -0.2) is 39.5 Å². The molecule has 0 saturated carbocycles. The first kappa shape index (κ1) is 14.7. The Kier molecular flexibility index (Phi) is 4.06. The lowest BCUT2D eigenvalue weighted by Crippen LogP contribution is -2.31. The van der Waals surface area contributed by atoms with E-state index in [1.165, 1.54) is 11.3 Å². The van der Waals surface area contributed by atoms with Crippen molar-refractivity contribution < 1.29 is 0 Å². The summed E-state index contributed by atoms with van der Waals surface area (Å²) in [5.74, 6) is 1.53. The van der Waals surface area contributed by atoms with Crippen molar-refractivity contribution in [2.24, 2.45) is 0 Å². The molecule has 23 heavy (non-hydrogen) atoms. The molecule has 1 fully saturated rings. The van der Waals surface area contributed by atoms with Gasteiger partial charge < -0.3 is 5.32 Å². The Morgan fingerprint density at radius 3 is 3.09 bits per heavy atom. The smallest absolute Gasteiger partial charge is 0.132 e. The Morgan fingerprint density at radius 2 is 2.26 bits per heavy atom. The van der Waals surface area contributed by atoms with Gasteiger partial charge in [0.1, 0.15) is 5.82 Å². The van der Waals surface area contributed by atoms with Crippen LogP contribution in [0.2, 0.25) is 0 Å². The summed E-state index contributed by atoms with van der Waals surface area (Å²) in [6.45, 7) is 7.01. The third-order valence-corrected chi connectivity index (χ3v) is 4.79. The van der Waals surface area contributed by atoms with Gasteiger partial charge in [0.05, 0.1) is 5.69 Å². The molecule has 2 aromatic heterocycles. The lowest BCUT2D eigenvalue weighted by molar-refractivity contribution is 0.239. The van der Waals surface area contributed by atoms with Gasteiger partial charge >= 0.3 is 0 Å². The maximum Gasteiger partial charge on any atom is 0.132 e. The van der Waals surface area contributed by atoms with E-state index in [-0.39, 0.29) is 0 Å². The fourth-order valence-corrected chi connectivity index (χ4v) is 3.51. The maximum atomic E-state index is 4.86. The van der Waals surface area contributed by atoms with Crippen LogP contribution in [0.5, 0.6) is 0 Å². The molecule has 2 aromatic rings. The molecule has 1 atom stereocenters. The average molecular weight is 309 g/mol. The van der Waals surface area contributed by atoms with Gasteiger partial charge in [-0.05, 0) is 32.0 Å². The second-order valence-corrected chi connectivity index (χ2v) is 6.62. The van der Waals surface area contributed by atoms with Gasteiger partial charge in [0.2, 0.25) is 0 Å². The number of aryl methyl sites for hydroxylation is 1. The van der Waals surface area contributed by atoms with Crippen LogP contribution >= 0.6 is 0 Å². The first-order chi connectivity index (χ1) is 11.3. The summed E-state index contributed by atoms with van der Waals surface area (Å²) in [6, 6.07) is 6.23. The van der Waals surface area contributed by atoms with Crippen LogP contribution in [0.3, 0.4) is 0 Å². The molecule has 1 unspecified atom stereocenters. The van der Waals surface area contributed by atoms with Crippen molar-refractivity contribution in [2.75, 3.05) is 19.6 Å². The highest BCUT2D eigenvalue weighted by molar-refractivity contribution is 5.22. The summed E-state index contributed by atoms with van der Waals surface area (Å²) in [7, 11) is 0. The number of hydrogen-bond acceptors (Lipinski definition) is 5. The molecule has 1 N–H and O–H groups in total. The Labute approximate surface area is 137 Å². The molecule has 5 heteroatoms. The van der Waals surface area contributed by atoms with Gasteiger partial charge in [0.25, 0.3) is 0 Å². The van der Waals surface area contributed by atoms with Crippen molar-refractivity contribution in [1.82, 2.24) is 25.2 Å². The molecule has 0 bridgehead atoms. The van der Waals surface area contributed by atoms with Crippen molar-refractivity contribution in [2.45, 2.75) is 38.8 Å². The number of nitrogens with one attached hydrogen (secondary N) is 1. The number of rotatable bonds is 3. The van der Waals surface area contributed by atoms with Gasteiger partial charge in [-0.3, -0.25) is 9.88 Å². The lowest BCUT2D eigenvalue weighted by atomic mass is 10.0. The average Bonchev–Trinajstić information content (AvgIpc) is 3.09. The first-order valence-electron chi connectivity index (χ1n) is 8.48. The summed E-state index contributed by atoms with van der Waals surface area (Å²) < 4.78 is 0. The van der Waals surface area contributed by atoms with Gasteiger partial charge in [-0.1, -0.05) is 6.07 Å². The zero-order valence-corrected chi connectivity index (χ0v) is 13.6. The molecule has 2 aliphatic rings. The number of nitrogens with zero attached hydrogens (tertiary/aromatic N) is 4. The normalized spacial score (nSPS) is 21.3. The van der Waals surface area contributed by atoms with Gasteiger partial charge in [-0.2, -0.15) is 0 Å². The fraction of sp³-hybridized carbons (Fsp3) is 0.500. The van der Waals surface area contributed by atoms with Crippen molar-refractivity contribution in [1.29, 1.82) is 0 Å². The monoisotopic (exact) mass is 309 g/mol. The molecule has 0 aromatic carbocycles. The molecule has 0 aliphatic carbocycles. The van der Waals surface area contributed by atoms with E-state index in [2.05, 4.69) is 32.3 Å². The molecule has 1 saturated heterocycles. The van der Waals surface area contributed by atoms with Gasteiger partial charge in [-0.15, -0.1) is 0 Å². The van der Waals surface area contributed by atoms with Crippen LogP contribution in [0.4, 0.5) is 0 Å². The number of hydrogen-bond donors (Lipinski definition) is 1. The minimum atomic E-state index is 0.495. The molecule has 4 rings (SSSR count). The van der Waals surface area contributed by atoms with Gasteiger partial charge in [0.15, 0.2) is 0 Å². The SMILES string of the molecule is Cc1cccc(CN2CCc3nc(C4CCNC4)ncc3C2)n1. The number of fused-ring (bicyclic) bond motifs is 1. The number of pyridine rings is 1. The molecule has 2 aliphatic heterocycles. The van der Waals surface area contributed by atoms with Crippen LogP contribution < -0.4 is 5.32 Å². The molecular formula is C18H23N5. The van der Waals surface area contributed by atoms with E-state index in [1.807, 2.05) is 19.2 Å². The highest BCUT2D eigenvalue weighted by atomic mass is 15.1. The third-order valence-electron chi connectivity index (χ3n) is 4.79. The minimum Gasteiger partial charge on any atom is -0.316 e. The Morgan fingerprint density at radius 1 is 1.30 bits per heavy atom. The van der Waals surface area contributed by atoms with Crippen LogP contribution in [0, 0.1) is 6.92 Å². The van der Waals surface area contributed by atoms with E-state index in [9.17, 15) is 0 Å². The van der Waals surface area contributed by atoms with Crippen LogP contribution in [-0.2, 0) is 19.5 Å². The molecule has 4 heterocycles. The van der Waals surface area contributed by atoms with Crippen molar-refractivity contribution in [3.05, 3.63) is 52.9 Å². The van der Waals surface area contributed by atoms with Crippen LogP contribution in [0.1, 0.15) is 40.8 Å². The van der Waals surface area contributed by atoms with E-state index in [0.29, 0.717) is 5.92 Å². The molecule has 120 valence electrons. The van der Waals surface area contributed by atoms with E-state index in [4.69, 9.17) is 4.98 Å². The molecule has 0 amide bonds. The standard InChI is InChI=1S/C18H23N5/c1-13-3-2-4-16(21-13)12-23-8-6-17-15(11-23)10-20-18(22-17)14-5-7-19-9-14/h2-4,10,14,19H,5-9,11-12H2,1H3. The zero-order valence-electron chi connectivity index (χ0n) is 13.6. The maximum absolute atomic E-state index is 4.86. The highest BCUT2D eigenvalue weighted by Crippen LogP contribution is 2.23. The molecule has 0 radical (unpaired) electrons. The van der Waals surface area contributed by atoms with Crippen LogP contribution in [0.25, 0.3) is 0 Å². The van der Waals surface area contributed by atoms with E-state index < -0.39 is 0 Å². The minimum absolute atomic E-state index is 0.495. The van der Waals surface area contributed by atoms with Crippen LogP contribution in [0.15, 0.2) is 24.4 Å². The lowest BCUT2D eigenvalue weighted by Gasteiger charge is -2.28. The summed E-state index contributed by atoms with van der Waals surface area (Å²) in [5.41, 5.74) is 4.75. The predicted molar refractivity (Wildman–Crippen MR) is 89.1 cm³/mol. The second kappa shape index (κ2) is 6.34. The Bertz CT molecular complexity index is 694. The van der Waals surface area contributed by atoms with Crippen molar-refractivity contribution in [3.8, 4) is 0 Å². The van der Waals surface area contributed by atoms with Crippen molar-refractivity contribution >= 4 is 0 Å². The van der Waals surface area contributed by atoms with Gasteiger partial charge in [-0.25, -0.2) is 9.97 Å². The highest BCUT2D eigenvalue weighted by Gasteiger charge is 2.23. The molecular weight excluding hydrogens is 286 g/mol. The second-order valence-electron chi connectivity index (χ2n) is 6.62. The molecule has 5 nitrogen and oxygen atoms in total. The topological polar surface area (TPSA) is 53.9 Å². The van der Waals surface area contributed by atoms with Crippen molar-refractivity contribution in [3.63, 3.8) is 0 Å². The van der Waals surface area contributed by atoms with E-state index >= 15 is 0 Å². The Hall–Kier alpha value is -1.85. The van der Waals surface area contributed by atoms with Gasteiger partial charge in [0, 0.05) is 61.7 Å². The first-order valence-corrected chi connectivity index (χ1v) is 8.48. The summed E-state index contributed by atoms with van der Waals surface area (Å²) >= 11 is 0. The third kappa shape index (κ3) is 3.26. The van der Waals surface area contributed by atoms with E-state index in [0.717, 1.165) is 62.8 Å². The summed E-state index contributed by atoms with van der Waals surface area (Å²) in [5, 5.41) is 3.39. The summed E-state index contributed by atoms with van der Waals surface area (Å²) in [6.07, 6.45) is 4.21. The number of aromatic nitrogens is 3. The fourth-order valence-electron chi connectivity index (χ4n) is 3.51. The zero-order chi connectivity index (χ0) is 15.6. The largest absolute Gasteiger partial charge is 0.316 e. The quantitative estimate of drug-likeness (QED) is 0.937. The van der Waals surface area contributed by atoms with E-state index in [1.54, 1.807) is 0 Å².